The molecule has 1 saturated heterocycles. The Bertz CT molecular complexity index is 99.2. The summed E-state index contributed by atoms with van der Waals surface area (Å²) in [4.78, 5) is 0. The first kappa shape index (κ1) is 15.0. The van der Waals surface area contributed by atoms with Crippen molar-refractivity contribution >= 4 is 0 Å². The first-order chi connectivity index (χ1) is 7.35. The van der Waals surface area contributed by atoms with E-state index in [0.717, 1.165) is 5.92 Å². The van der Waals surface area contributed by atoms with Gasteiger partial charge in [0.1, 0.15) is 0 Å². The predicted molar refractivity (Wildman–Crippen MR) is 70.3 cm³/mol. The Labute approximate surface area is 97.0 Å². The lowest BCUT2D eigenvalue weighted by Crippen LogP contribution is -2.29. The van der Waals surface area contributed by atoms with Crippen molar-refractivity contribution in [2.75, 3.05) is 13.1 Å². The van der Waals surface area contributed by atoms with Crippen molar-refractivity contribution in [1.29, 1.82) is 0 Å². The standard InChI is InChI=1S/C8H17N.C6H14/c1-2-4-8-5-3-6-9-7-8;1-3-5-6-4-2/h8-9H,2-7H2,1H3;3-6H2,1-2H3. The summed E-state index contributed by atoms with van der Waals surface area (Å²) in [5.41, 5.74) is 0. The fourth-order valence-electron chi connectivity index (χ4n) is 2.08. The van der Waals surface area contributed by atoms with Crippen LogP contribution >= 0.6 is 0 Å². The van der Waals surface area contributed by atoms with Crippen molar-refractivity contribution < 1.29 is 0 Å². The molecule has 1 N–H and O–H groups in total. The quantitative estimate of drug-likeness (QED) is 0.669. The van der Waals surface area contributed by atoms with Crippen LogP contribution in [0.3, 0.4) is 0 Å². The number of rotatable bonds is 5. The first-order valence-electron chi connectivity index (χ1n) is 7.05. The number of nitrogens with one attached hydrogen (secondary N) is 1. The minimum Gasteiger partial charge on any atom is -0.316 e. The molecule has 0 amide bonds. The zero-order chi connectivity index (χ0) is 11.4. The van der Waals surface area contributed by atoms with Gasteiger partial charge in [0, 0.05) is 0 Å². The monoisotopic (exact) mass is 213 g/mol. The highest BCUT2D eigenvalue weighted by atomic mass is 14.9. The summed E-state index contributed by atoms with van der Waals surface area (Å²) in [6.07, 6.45) is 11.2. The predicted octanol–water partition coefficient (Wildman–Crippen LogP) is 4.37. The summed E-state index contributed by atoms with van der Waals surface area (Å²) in [6, 6.07) is 0. The van der Waals surface area contributed by atoms with Crippen LogP contribution in [0.4, 0.5) is 0 Å². The van der Waals surface area contributed by atoms with Gasteiger partial charge in [-0.3, -0.25) is 0 Å². The van der Waals surface area contributed by atoms with E-state index in [2.05, 4.69) is 26.1 Å². The normalized spacial score (nSPS) is 20.6. The molecule has 0 bridgehead atoms. The lowest BCUT2D eigenvalue weighted by atomic mass is 9.95. The molecule has 0 radical (unpaired) electrons. The molecule has 0 aromatic carbocycles. The van der Waals surface area contributed by atoms with Crippen LogP contribution in [-0.2, 0) is 0 Å². The van der Waals surface area contributed by atoms with Crippen molar-refractivity contribution in [3.63, 3.8) is 0 Å². The van der Waals surface area contributed by atoms with Crippen LogP contribution in [0.2, 0.25) is 0 Å². The topological polar surface area (TPSA) is 12.0 Å². The third-order valence-corrected chi connectivity index (χ3v) is 3.05. The molecular formula is C14H31N. The second kappa shape index (κ2) is 12.0. The minimum absolute atomic E-state index is 0.990. The Balaban J connectivity index is 0.000000288. The maximum Gasteiger partial charge on any atom is -0.00205 e. The fraction of sp³-hybridized carbons (Fsp3) is 1.00. The van der Waals surface area contributed by atoms with Gasteiger partial charge in [-0.25, -0.2) is 0 Å². The maximum absolute atomic E-state index is 3.42. The van der Waals surface area contributed by atoms with Crippen molar-refractivity contribution in [2.24, 2.45) is 5.92 Å². The molecule has 1 rings (SSSR count). The van der Waals surface area contributed by atoms with E-state index in [1.165, 1.54) is 64.5 Å². The molecule has 0 aliphatic carbocycles. The molecule has 1 heterocycles. The summed E-state index contributed by atoms with van der Waals surface area (Å²) in [6.45, 7) is 9.26. The van der Waals surface area contributed by atoms with Crippen LogP contribution in [-0.4, -0.2) is 13.1 Å². The van der Waals surface area contributed by atoms with E-state index in [0.29, 0.717) is 0 Å². The highest BCUT2D eigenvalue weighted by Gasteiger charge is 2.10. The molecule has 0 spiro atoms. The van der Waals surface area contributed by atoms with Gasteiger partial charge < -0.3 is 5.32 Å². The second-order valence-electron chi connectivity index (χ2n) is 4.71. The van der Waals surface area contributed by atoms with Gasteiger partial charge in [0.25, 0.3) is 0 Å². The van der Waals surface area contributed by atoms with Gasteiger partial charge in [-0.15, -0.1) is 0 Å². The summed E-state index contributed by atoms with van der Waals surface area (Å²) < 4.78 is 0. The highest BCUT2D eigenvalue weighted by molar-refractivity contribution is 4.67. The molecule has 1 unspecified atom stereocenters. The zero-order valence-corrected chi connectivity index (χ0v) is 11.1. The van der Waals surface area contributed by atoms with Gasteiger partial charge >= 0.3 is 0 Å². The fourth-order valence-corrected chi connectivity index (χ4v) is 2.08. The Morgan fingerprint density at radius 3 is 2.07 bits per heavy atom. The molecule has 1 aliphatic rings. The number of hydrogen-bond donors (Lipinski definition) is 1. The van der Waals surface area contributed by atoms with Gasteiger partial charge in [-0.05, 0) is 38.3 Å². The Hall–Kier alpha value is -0.0400. The molecule has 1 nitrogen and oxygen atoms in total. The summed E-state index contributed by atoms with van der Waals surface area (Å²) in [7, 11) is 0. The molecule has 1 atom stereocenters. The lowest BCUT2D eigenvalue weighted by Gasteiger charge is -2.21. The van der Waals surface area contributed by atoms with E-state index in [-0.39, 0.29) is 0 Å². The number of hydrogen-bond acceptors (Lipinski definition) is 1. The maximum atomic E-state index is 3.42. The van der Waals surface area contributed by atoms with Gasteiger partial charge in [0.15, 0.2) is 0 Å². The summed E-state index contributed by atoms with van der Waals surface area (Å²) in [5, 5.41) is 3.42. The first-order valence-corrected chi connectivity index (χ1v) is 7.05. The highest BCUT2D eigenvalue weighted by Crippen LogP contribution is 2.14. The smallest absolute Gasteiger partial charge is 0.00205 e. The van der Waals surface area contributed by atoms with Crippen LogP contribution < -0.4 is 5.32 Å². The Morgan fingerprint density at radius 1 is 1.00 bits per heavy atom. The molecule has 0 aromatic rings. The molecule has 92 valence electrons. The average Bonchev–Trinajstić information content (AvgIpc) is 2.29. The molecule has 1 aliphatic heterocycles. The third-order valence-electron chi connectivity index (χ3n) is 3.05. The van der Waals surface area contributed by atoms with Gasteiger partial charge in [-0.2, -0.15) is 0 Å². The lowest BCUT2D eigenvalue weighted by molar-refractivity contribution is 0.355. The van der Waals surface area contributed by atoms with Gasteiger partial charge in [0.05, 0.1) is 0 Å². The Kier molecular flexibility index (Phi) is 12.0. The summed E-state index contributed by atoms with van der Waals surface area (Å²) >= 11 is 0. The SMILES string of the molecule is CCCC1CCCNC1.CCCCCC. The van der Waals surface area contributed by atoms with E-state index in [1.807, 2.05) is 0 Å². The van der Waals surface area contributed by atoms with Crippen molar-refractivity contribution in [1.82, 2.24) is 5.32 Å². The van der Waals surface area contributed by atoms with E-state index < -0.39 is 0 Å². The molecule has 15 heavy (non-hydrogen) atoms. The van der Waals surface area contributed by atoms with Crippen molar-refractivity contribution in [3.8, 4) is 0 Å². The van der Waals surface area contributed by atoms with Crippen molar-refractivity contribution in [2.45, 2.75) is 72.1 Å². The number of unbranched alkanes of at least 4 members (excludes halogenated alkanes) is 3. The van der Waals surface area contributed by atoms with E-state index in [4.69, 9.17) is 0 Å². The largest absolute Gasteiger partial charge is 0.316 e. The molecular weight excluding hydrogens is 182 g/mol. The van der Waals surface area contributed by atoms with Crippen molar-refractivity contribution in [3.05, 3.63) is 0 Å². The van der Waals surface area contributed by atoms with E-state index in [9.17, 15) is 0 Å². The van der Waals surface area contributed by atoms with E-state index >= 15 is 0 Å². The Morgan fingerprint density at radius 2 is 1.67 bits per heavy atom. The minimum atomic E-state index is 0.990. The second-order valence-corrected chi connectivity index (χ2v) is 4.71. The van der Waals surface area contributed by atoms with Crippen LogP contribution in [0, 0.1) is 5.92 Å². The zero-order valence-electron chi connectivity index (χ0n) is 11.1. The van der Waals surface area contributed by atoms with Crippen LogP contribution in [0.15, 0.2) is 0 Å². The average molecular weight is 213 g/mol. The number of piperidine rings is 1. The van der Waals surface area contributed by atoms with Gasteiger partial charge in [0.2, 0.25) is 0 Å². The third kappa shape index (κ3) is 10.2. The van der Waals surface area contributed by atoms with Gasteiger partial charge in [-0.1, -0.05) is 52.9 Å². The van der Waals surface area contributed by atoms with Crippen LogP contribution in [0.25, 0.3) is 0 Å². The molecule has 0 saturated carbocycles. The van der Waals surface area contributed by atoms with Crippen LogP contribution in [0.1, 0.15) is 72.1 Å². The molecule has 1 fully saturated rings. The molecule has 1 heteroatoms. The van der Waals surface area contributed by atoms with E-state index in [1.54, 1.807) is 0 Å². The van der Waals surface area contributed by atoms with Crippen LogP contribution in [0.5, 0.6) is 0 Å². The summed E-state index contributed by atoms with van der Waals surface area (Å²) in [5.74, 6) is 0.990. The molecule has 0 aromatic heterocycles.